The van der Waals surface area contributed by atoms with Crippen molar-refractivity contribution in [3.63, 3.8) is 0 Å². The summed E-state index contributed by atoms with van der Waals surface area (Å²) in [5.74, 6) is 1.53. The monoisotopic (exact) mass is 265 g/mol. The summed E-state index contributed by atoms with van der Waals surface area (Å²) in [7, 11) is 5.16. The molecule has 0 bridgehead atoms. The van der Waals surface area contributed by atoms with Crippen LogP contribution in [0.2, 0.25) is 0 Å². The largest absolute Gasteiger partial charge is 0.496 e. The second-order valence-corrected chi connectivity index (χ2v) is 4.19. The van der Waals surface area contributed by atoms with E-state index >= 15 is 0 Å². The van der Waals surface area contributed by atoms with Gasteiger partial charge in [0.05, 0.1) is 49.4 Å². The molecule has 1 aromatic carbocycles. The van der Waals surface area contributed by atoms with Gasteiger partial charge in [-0.05, 0) is 19.2 Å². The summed E-state index contributed by atoms with van der Waals surface area (Å²) in [6.07, 6.45) is 1.75. The zero-order valence-electron chi connectivity index (χ0n) is 10.5. The van der Waals surface area contributed by atoms with Gasteiger partial charge in [-0.3, -0.25) is 0 Å². The molecule has 0 radical (unpaired) electrons. The number of nitrogens with one attached hydrogen (secondary N) is 1. The van der Waals surface area contributed by atoms with Crippen molar-refractivity contribution in [2.75, 3.05) is 21.3 Å². The molecular weight excluding hydrogens is 250 g/mol. The van der Waals surface area contributed by atoms with Crippen LogP contribution in [0.25, 0.3) is 0 Å². The second kappa shape index (κ2) is 5.79. The molecule has 2 aromatic rings. The molecular formula is C12H15N3O2S. The Labute approximate surface area is 110 Å². The fraction of sp³-hybridized carbons (Fsp3) is 0.333. The highest BCUT2D eigenvalue weighted by Crippen LogP contribution is 2.36. The van der Waals surface area contributed by atoms with Gasteiger partial charge in [0.25, 0.3) is 0 Å². The molecule has 0 fully saturated rings. The predicted molar refractivity (Wildman–Crippen MR) is 70.4 cm³/mol. The first-order valence-electron chi connectivity index (χ1n) is 5.47. The van der Waals surface area contributed by atoms with E-state index in [-0.39, 0.29) is 6.04 Å². The number of hydrogen-bond acceptors (Lipinski definition) is 6. The topological polar surface area (TPSA) is 56.3 Å². The fourth-order valence-electron chi connectivity index (χ4n) is 1.90. The highest BCUT2D eigenvalue weighted by atomic mass is 32.1. The van der Waals surface area contributed by atoms with E-state index in [1.807, 2.05) is 25.2 Å². The molecule has 2 rings (SSSR count). The van der Waals surface area contributed by atoms with Crippen LogP contribution < -0.4 is 14.8 Å². The van der Waals surface area contributed by atoms with Crippen LogP contribution in [-0.2, 0) is 0 Å². The van der Waals surface area contributed by atoms with Gasteiger partial charge in [-0.2, -0.15) is 8.75 Å². The fourth-order valence-corrected chi connectivity index (χ4v) is 2.35. The SMILES string of the molecule is CNC(c1cnsn1)c1c(OC)cccc1OC. The summed E-state index contributed by atoms with van der Waals surface area (Å²) in [5, 5.41) is 3.21. The van der Waals surface area contributed by atoms with Gasteiger partial charge in [0.2, 0.25) is 0 Å². The lowest BCUT2D eigenvalue weighted by molar-refractivity contribution is 0.378. The Morgan fingerprint density at radius 2 is 1.89 bits per heavy atom. The average molecular weight is 265 g/mol. The number of aromatic nitrogens is 2. The molecule has 0 saturated carbocycles. The van der Waals surface area contributed by atoms with Gasteiger partial charge in [-0.1, -0.05) is 6.07 Å². The lowest BCUT2D eigenvalue weighted by atomic mass is 10.0. The molecule has 1 heterocycles. The lowest BCUT2D eigenvalue weighted by Crippen LogP contribution is -2.19. The van der Waals surface area contributed by atoms with Crippen LogP contribution in [0.1, 0.15) is 17.3 Å². The highest BCUT2D eigenvalue weighted by Gasteiger charge is 2.23. The molecule has 1 atom stereocenters. The third-order valence-corrected chi connectivity index (χ3v) is 3.21. The molecule has 96 valence electrons. The molecule has 6 heteroatoms. The van der Waals surface area contributed by atoms with Gasteiger partial charge < -0.3 is 14.8 Å². The standard InChI is InChI=1S/C12H15N3O2S/c1-13-12(8-7-14-18-15-8)11-9(16-2)5-4-6-10(11)17-3/h4-7,12-13H,1-3H3. The van der Waals surface area contributed by atoms with Gasteiger partial charge >= 0.3 is 0 Å². The average Bonchev–Trinajstić information content (AvgIpc) is 2.93. The van der Waals surface area contributed by atoms with Gasteiger partial charge in [0, 0.05) is 0 Å². The number of nitrogens with zero attached hydrogens (tertiary/aromatic N) is 2. The van der Waals surface area contributed by atoms with Crippen molar-refractivity contribution >= 4 is 11.7 Å². The van der Waals surface area contributed by atoms with Crippen molar-refractivity contribution in [1.29, 1.82) is 0 Å². The molecule has 0 spiro atoms. The molecule has 1 N–H and O–H groups in total. The van der Waals surface area contributed by atoms with Crippen LogP contribution in [0, 0.1) is 0 Å². The van der Waals surface area contributed by atoms with E-state index < -0.39 is 0 Å². The molecule has 0 aliphatic heterocycles. The van der Waals surface area contributed by atoms with Crippen LogP contribution in [0.4, 0.5) is 0 Å². The Balaban J connectivity index is 2.53. The van der Waals surface area contributed by atoms with Crippen LogP contribution in [0.5, 0.6) is 11.5 Å². The Morgan fingerprint density at radius 1 is 1.22 bits per heavy atom. The van der Waals surface area contributed by atoms with Crippen molar-refractivity contribution in [2.45, 2.75) is 6.04 Å². The van der Waals surface area contributed by atoms with E-state index in [9.17, 15) is 0 Å². The summed E-state index contributed by atoms with van der Waals surface area (Å²) in [6, 6.07) is 5.60. The van der Waals surface area contributed by atoms with Crippen molar-refractivity contribution < 1.29 is 9.47 Å². The van der Waals surface area contributed by atoms with E-state index in [0.717, 1.165) is 22.8 Å². The quantitative estimate of drug-likeness (QED) is 0.894. The summed E-state index contributed by atoms with van der Waals surface area (Å²) < 4.78 is 19.1. The molecule has 0 amide bonds. The minimum Gasteiger partial charge on any atom is -0.496 e. The third kappa shape index (κ3) is 2.30. The minimum atomic E-state index is -0.102. The van der Waals surface area contributed by atoms with Gasteiger partial charge in [-0.25, -0.2) is 0 Å². The maximum atomic E-state index is 5.40. The predicted octanol–water partition coefficient (Wildman–Crippen LogP) is 1.86. The van der Waals surface area contributed by atoms with Crippen LogP contribution in [0.15, 0.2) is 24.4 Å². The Kier molecular flexibility index (Phi) is 4.11. The number of hydrogen-bond donors (Lipinski definition) is 1. The van der Waals surface area contributed by atoms with Crippen molar-refractivity contribution in [3.8, 4) is 11.5 Å². The van der Waals surface area contributed by atoms with Crippen molar-refractivity contribution in [3.05, 3.63) is 35.7 Å². The smallest absolute Gasteiger partial charge is 0.127 e. The minimum absolute atomic E-state index is 0.102. The van der Waals surface area contributed by atoms with E-state index in [4.69, 9.17) is 9.47 Å². The van der Waals surface area contributed by atoms with Gasteiger partial charge in [-0.15, -0.1) is 0 Å². The van der Waals surface area contributed by atoms with Crippen molar-refractivity contribution in [1.82, 2.24) is 14.1 Å². The van der Waals surface area contributed by atoms with Gasteiger partial charge in [0.1, 0.15) is 11.5 Å². The number of methoxy groups -OCH3 is 2. The van der Waals surface area contributed by atoms with Gasteiger partial charge in [0.15, 0.2) is 0 Å². The first kappa shape index (κ1) is 12.8. The summed E-state index contributed by atoms with van der Waals surface area (Å²) in [5.41, 5.74) is 1.78. The molecule has 5 nitrogen and oxygen atoms in total. The zero-order valence-corrected chi connectivity index (χ0v) is 11.3. The van der Waals surface area contributed by atoms with E-state index in [1.54, 1.807) is 20.4 Å². The Morgan fingerprint density at radius 3 is 2.33 bits per heavy atom. The number of rotatable bonds is 5. The van der Waals surface area contributed by atoms with Crippen molar-refractivity contribution in [2.24, 2.45) is 0 Å². The number of benzene rings is 1. The zero-order chi connectivity index (χ0) is 13.0. The summed E-state index contributed by atoms with van der Waals surface area (Å²) in [6.45, 7) is 0. The van der Waals surface area contributed by atoms with Crippen LogP contribution in [0.3, 0.4) is 0 Å². The molecule has 1 aromatic heterocycles. The van der Waals surface area contributed by atoms with E-state index in [1.165, 1.54) is 11.7 Å². The van der Waals surface area contributed by atoms with Crippen LogP contribution >= 0.6 is 11.7 Å². The Bertz CT molecular complexity index is 480. The molecule has 0 saturated heterocycles. The maximum absolute atomic E-state index is 5.40. The maximum Gasteiger partial charge on any atom is 0.127 e. The normalized spacial score (nSPS) is 12.2. The first-order valence-corrected chi connectivity index (χ1v) is 6.20. The van der Waals surface area contributed by atoms with E-state index in [2.05, 4.69) is 14.1 Å². The second-order valence-electron chi connectivity index (χ2n) is 3.63. The molecule has 1 unspecified atom stereocenters. The van der Waals surface area contributed by atoms with Crippen LogP contribution in [-0.4, -0.2) is 30.0 Å². The Hall–Kier alpha value is -1.66. The number of ether oxygens (including phenoxy) is 2. The molecule has 0 aliphatic rings. The van der Waals surface area contributed by atoms with E-state index in [0.29, 0.717) is 0 Å². The molecule has 0 aliphatic carbocycles. The summed E-state index contributed by atoms with van der Waals surface area (Å²) >= 11 is 1.18. The lowest BCUT2D eigenvalue weighted by Gasteiger charge is -2.20. The third-order valence-electron chi connectivity index (χ3n) is 2.72. The highest BCUT2D eigenvalue weighted by molar-refractivity contribution is 6.99. The molecule has 18 heavy (non-hydrogen) atoms. The first-order chi connectivity index (χ1) is 8.81. The summed E-state index contributed by atoms with van der Waals surface area (Å²) in [4.78, 5) is 0.